The van der Waals surface area contributed by atoms with E-state index in [2.05, 4.69) is 9.56 Å². The first-order valence-electron chi connectivity index (χ1n) is 11.3. The van der Waals surface area contributed by atoms with Crippen LogP contribution in [-0.4, -0.2) is 31.5 Å². The van der Waals surface area contributed by atoms with E-state index in [1.54, 1.807) is 6.08 Å². The molecular weight excluding hydrogens is 454 g/mol. The van der Waals surface area contributed by atoms with Gasteiger partial charge in [0.2, 0.25) is 5.17 Å². The molecular formula is C25H26ClN5OS. The van der Waals surface area contributed by atoms with Gasteiger partial charge in [-0.05, 0) is 80.8 Å². The van der Waals surface area contributed by atoms with Gasteiger partial charge in [-0.15, -0.1) is 0 Å². The summed E-state index contributed by atoms with van der Waals surface area (Å²) < 4.78 is 2.13. The van der Waals surface area contributed by atoms with Crippen molar-refractivity contribution in [2.45, 2.75) is 52.9 Å². The van der Waals surface area contributed by atoms with Crippen LogP contribution in [0.5, 0.6) is 0 Å². The molecule has 0 bridgehead atoms. The number of rotatable bonds is 3. The molecule has 2 aliphatic heterocycles. The fraction of sp³-hybridized carbons (Fsp3) is 0.360. The summed E-state index contributed by atoms with van der Waals surface area (Å²) in [5.74, 6) is 0.113. The number of amides is 1. The van der Waals surface area contributed by atoms with Crippen molar-refractivity contribution in [1.82, 2.24) is 9.58 Å². The summed E-state index contributed by atoms with van der Waals surface area (Å²) in [7, 11) is 0. The Bertz CT molecular complexity index is 1270. The molecule has 0 radical (unpaired) electrons. The number of amidine groups is 2. The number of hydrogen-bond donors (Lipinski definition) is 1. The predicted octanol–water partition coefficient (Wildman–Crippen LogP) is 6.26. The SMILES string of the molecule is Cc1c(Cl)cccc1-n1c(C)cc(C=C2C(=N)N3N=C(C4CCCCC4)SC3=NC2=O)c1C. The summed E-state index contributed by atoms with van der Waals surface area (Å²) >= 11 is 7.80. The Morgan fingerprint density at radius 1 is 1.18 bits per heavy atom. The molecule has 5 rings (SSSR count). The van der Waals surface area contributed by atoms with Crippen LogP contribution >= 0.6 is 23.4 Å². The fourth-order valence-electron chi connectivity index (χ4n) is 4.82. The van der Waals surface area contributed by atoms with Crippen LogP contribution < -0.4 is 0 Å². The van der Waals surface area contributed by atoms with Gasteiger partial charge in [-0.3, -0.25) is 10.2 Å². The van der Waals surface area contributed by atoms with E-state index in [0.717, 1.165) is 46.1 Å². The summed E-state index contributed by atoms with van der Waals surface area (Å²) in [5.41, 5.74) is 5.14. The van der Waals surface area contributed by atoms with E-state index in [9.17, 15) is 4.79 Å². The molecule has 0 atom stereocenters. The van der Waals surface area contributed by atoms with Crippen LogP contribution in [0.3, 0.4) is 0 Å². The van der Waals surface area contributed by atoms with E-state index in [1.807, 2.05) is 45.0 Å². The molecule has 1 fully saturated rings. The third kappa shape index (κ3) is 3.87. The lowest BCUT2D eigenvalue weighted by atomic mass is 9.90. The number of nitrogens with one attached hydrogen (secondary N) is 1. The predicted molar refractivity (Wildman–Crippen MR) is 137 cm³/mol. The second-order valence-electron chi connectivity index (χ2n) is 8.84. The molecule has 1 amide bonds. The summed E-state index contributed by atoms with van der Waals surface area (Å²) in [6, 6.07) is 7.87. The van der Waals surface area contributed by atoms with Crippen molar-refractivity contribution in [3.8, 4) is 5.69 Å². The highest BCUT2D eigenvalue weighted by Gasteiger charge is 2.38. The third-order valence-corrected chi connectivity index (χ3v) is 8.16. The highest BCUT2D eigenvalue weighted by molar-refractivity contribution is 8.27. The van der Waals surface area contributed by atoms with Gasteiger partial charge >= 0.3 is 0 Å². The minimum Gasteiger partial charge on any atom is -0.318 e. The smallest absolute Gasteiger partial charge is 0.283 e. The molecule has 6 nitrogen and oxygen atoms in total. The number of carbonyl (C=O) groups is 1. The van der Waals surface area contributed by atoms with Crippen LogP contribution in [0.2, 0.25) is 5.02 Å². The summed E-state index contributed by atoms with van der Waals surface area (Å²) in [4.78, 5) is 17.2. The molecule has 1 aromatic carbocycles. The molecule has 1 aliphatic carbocycles. The van der Waals surface area contributed by atoms with Gasteiger partial charge in [0.25, 0.3) is 5.91 Å². The molecule has 3 heterocycles. The Balaban J connectivity index is 1.49. The quantitative estimate of drug-likeness (QED) is 0.528. The number of aromatic nitrogens is 1. The number of fused-ring (bicyclic) bond motifs is 1. The molecule has 0 spiro atoms. The summed E-state index contributed by atoms with van der Waals surface area (Å²) in [6.45, 7) is 6.03. The van der Waals surface area contributed by atoms with E-state index >= 15 is 0 Å². The maximum atomic E-state index is 12.9. The molecule has 170 valence electrons. The number of nitrogens with zero attached hydrogens (tertiary/aromatic N) is 4. The average molecular weight is 480 g/mol. The number of carbonyl (C=O) groups excluding carboxylic acids is 1. The minimum absolute atomic E-state index is 0.0899. The fourth-order valence-corrected chi connectivity index (χ4v) is 6.05. The van der Waals surface area contributed by atoms with E-state index in [0.29, 0.717) is 16.1 Å². The number of halogens is 1. The van der Waals surface area contributed by atoms with Crippen LogP contribution in [0.25, 0.3) is 11.8 Å². The Kier molecular flexibility index (Phi) is 5.79. The highest BCUT2D eigenvalue weighted by atomic mass is 35.5. The highest BCUT2D eigenvalue weighted by Crippen LogP contribution is 2.36. The average Bonchev–Trinajstić information content (AvgIpc) is 3.34. The number of hydrazone groups is 1. The second-order valence-corrected chi connectivity index (χ2v) is 10.2. The summed E-state index contributed by atoms with van der Waals surface area (Å²) in [6.07, 6.45) is 7.69. The number of aliphatic imine (C=N–C) groups is 1. The van der Waals surface area contributed by atoms with Gasteiger partial charge in [0.05, 0.1) is 5.57 Å². The summed E-state index contributed by atoms with van der Waals surface area (Å²) in [5, 5.41) is 17.2. The van der Waals surface area contributed by atoms with Crippen molar-refractivity contribution in [3.63, 3.8) is 0 Å². The van der Waals surface area contributed by atoms with Crippen molar-refractivity contribution >= 4 is 51.4 Å². The van der Waals surface area contributed by atoms with E-state index in [1.165, 1.54) is 36.0 Å². The van der Waals surface area contributed by atoms with Gasteiger partial charge in [0.15, 0.2) is 5.84 Å². The van der Waals surface area contributed by atoms with Crippen LogP contribution in [0.1, 0.15) is 54.6 Å². The van der Waals surface area contributed by atoms with Gasteiger partial charge in [-0.1, -0.05) is 36.9 Å². The lowest BCUT2D eigenvalue weighted by molar-refractivity contribution is -0.114. The number of thioether (sulfide) groups is 1. The zero-order chi connectivity index (χ0) is 23.3. The number of benzene rings is 1. The minimum atomic E-state index is -0.386. The number of hydrogen-bond acceptors (Lipinski definition) is 4. The Morgan fingerprint density at radius 3 is 2.70 bits per heavy atom. The first kappa shape index (κ1) is 22.2. The Labute approximate surface area is 202 Å². The molecule has 2 aromatic rings. The maximum absolute atomic E-state index is 12.9. The largest absolute Gasteiger partial charge is 0.318 e. The molecule has 3 aliphatic rings. The first-order valence-corrected chi connectivity index (χ1v) is 12.5. The molecule has 33 heavy (non-hydrogen) atoms. The zero-order valence-electron chi connectivity index (χ0n) is 19.0. The molecule has 8 heteroatoms. The molecule has 1 saturated carbocycles. The van der Waals surface area contributed by atoms with E-state index in [-0.39, 0.29) is 17.3 Å². The normalized spacial score (nSPS) is 20.4. The maximum Gasteiger partial charge on any atom is 0.283 e. The Morgan fingerprint density at radius 2 is 1.94 bits per heavy atom. The standard InChI is InChI=1S/C25H26ClN5OS/c1-14-12-18(16(3)30(14)21-11-7-10-20(26)15(21)2)13-19-22(27)31-25(28-23(19)32)33-24(29-31)17-8-5-4-6-9-17/h7,10-13,17,27H,4-6,8-9H2,1-3H3. The van der Waals surface area contributed by atoms with Crippen molar-refractivity contribution in [1.29, 1.82) is 5.41 Å². The van der Waals surface area contributed by atoms with E-state index < -0.39 is 0 Å². The van der Waals surface area contributed by atoms with Gasteiger partial charge < -0.3 is 4.57 Å². The third-order valence-electron chi connectivity index (χ3n) is 6.67. The van der Waals surface area contributed by atoms with Crippen molar-refractivity contribution in [2.75, 3.05) is 0 Å². The van der Waals surface area contributed by atoms with Gasteiger partial charge in [-0.2, -0.15) is 15.1 Å². The van der Waals surface area contributed by atoms with Gasteiger partial charge in [-0.25, -0.2) is 0 Å². The van der Waals surface area contributed by atoms with Gasteiger partial charge in [0, 0.05) is 28.0 Å². The Hall–Kier alpha value is -2.64. The van der Waals surface area contributed by atoms with Crippen LogP contribution in [0.4, 0.5) is 0 Å². The van der Waals surface area contributed by atoms with Crippen LogP contribution in [-0.2, 0) is 4.79 Å². The monoisotopic (exact) mass is 479 g/mol. The molecule has 0 saturated heterocycles. The number of aryl methyl sites for hydroxylation is 1. The van der Waals surface area contributed by atoms with E-state index in [4.69, 9.17) is 22.1 Å². The topological polar surface area (TPSA) is 73.8 Å². The van der Waals surface area contributed by atoms with Crippen molar-refractivity contribution < 1.29 is 4.79 Å². The molecule has 1 N–H and O–H groups in total. The lowest BCUT2D eigenvalue weighted by Crippen LogP contribution is -2.35. The van der Waals surface area contributed by atoms with Crippen molar-refractivity contribution in [3.05, 3.63) is 57.4 Å². The van der Waals surface area contributed by atoms with Crippen LogP contribution in [0, 0.1) is 32.1 Å². The molecule has 0 unspecified atom stereocenters. The second kappa shape index (κ2) is 8.61. The first-order chi connectivity index (χ1) is 15.8. The lowest BCUT2D eigenvalue weighted by Gasteiger charge is -2.20. The zero-order valence-corrected chi connectivity index (χ0v) is 20.6. The molecule has 1 aromatic heterocycles. The van der Waals surface area contributed by atoms with Crippen molar-refractivity contribution in [2.24, 2.45) is 16.0 Å². The van der Waals surface area contributed by atoms with Gasteiger partial charge in [0.1, 0.15) is 5.04 Å². The van der Waals surface area contributed by atoms with Crippen LogP contribution in [0.15, 0.2) is 39.9 Å².